The zero-order valence-corrected chi connectivity index (χ0v) is 15.2. The van der Waals surface area contributed by atoms with Crippen LogP contribution < -0.4 is 0 Å². The highest BCUT2D eigenvalue weighted by atomic mass is 35.5. The van der Waals surface area contributed by atoms with E-state index in [0.29, 0.717) is 38.9 Å². The summed E-state index contributed by atoms with van der Waals surface area (Å²) in [4.78, 5) is 14.5. The standard InChI is InChI=1S/C17H14ClNO3S2/c1-21-9-8-19-16(20)15(24-17(19)23)10-13-6-7-14(22-13)11-2-4-12(18)5-3-11/h2-7,10H,8-9H2,1H3/b15-10+. The minimum absolute atomic E-state index is 0.119. The van der Waals surface area contributed by atoms with Crippen molar-refractivity contribution >= 4 is 51.9 Å². The van der Waals surface area contributed by atoms with Gasteiger partial charge in [-0.25, -0.2) is 0 Å². The van der Waals surface area contributed by atoms with Crippen molar-refractivity contribution in [3.8, 4) is 11.3 Å². The summed E-state index contributed by atoms with van der Waals surface area (Å²) in [6.07, 6.45) is 1.71. The molecule has 0 N–H and O–H groups in total. The Morgan fingerprint density at radius 1 is 1.29 bits per heavy atom. The van der Waals surface area contributed by atoms with Crippen molar-refractivity contribution < 1.29 is 13.9 Å². The van der Waals surface area contributed by atoms with Crippen LogP contribution in [0.25, 0.3) is 17.4 Å². The zero-order valence-electron chi connectivity index (χ0n) is 12.8. The zero-order chi connectivity index (χ0) is 17.1. The van der Waals surface area contributed by atoms with Crippen LogP contribution in [-0.2, 0) is 9.53 Å². The second-order valence-electron chi connectivity index (χ2n) is 5.04. The van der Waals surface area contributed by atoms with E-state index in [-0.39, 0.29) is 5.91 Å². The van der Waals surface area contributed by atoms with Gasteiger partial charge in [-0.3, -0.25) is 9.69 Å². The summed E-state index contributed by atoms with van der Waals surface area (Å²) in [5, 5.41) is 0.672. The maximum atomic E-state index is 12.4. The SMILES string of the molecule is COCCN1C(=O)/C(=C\c2ccc(-c3ccc(Cl)cc3)o2)SC1=S. The molecule has 3 rings (SSSR count). The lowest BCUT2D eigenvalue weighted by molar-refractivity contribution is -0.122. The van der Waals surface area contributed by atoms with Gasteiger partial charge >= 0.3 is 0 Å². The summed E-state index contributed by atoms with van der Waals surface area (Å²) >= 11 is 12.4. The molecular weight excluding hydrogens is 366 g/mol. The van der Waals surface area contributed by atoms with E-state index in [9.17, 15) is 4.79 Å². The normalized spacial score (nSPS) is 16.4. The van der Waals surface area contributed by atoms with Crippen LogP contribution >= 0.6 is 35.6 Å². The third kappa shape index (κ3) is 3.72. The molecule has 1 aromatic carbocycles. The lowest BCUT2D eigenvalue weighted by Gasteiger charge is -2.12. The lowest BCUT2D eigenvalue weighted by atomic mass is 10.2. The number of rotatable bonds is 5. The largest absolute Gasteiger partial charge is 0.457 e. The molecule has 0 spiro atoms. The van der Waals surface area contributed by atoms with E-state index >= 15 is 0 Å². The maximum absolute atomic E-state index is 12.4. The van der Waals surface area contributed by atoms with E-state index in [1.165, 1.54) is 11.8 Å². The number of thioether (sulfide) groups is 1. The molecule has 0 unspecified atom stereocenters. The Labute approximate surface area is 154 Å². The molecule has 1 aliphatic rings. The average Bonchev–Trinajstić information content (AvgIpc) is 3.13. The van der Waals surface area contributed by atoms with Crippen LogP contribution in [0.2, 0.25) is 5.02 Å². The van der Waals surface area contributed by atoms with Crippen LogP contribution in [0.15, 0.2) is 45.7 Å². The fourth-order valence-corrected chi connectivity index (χ4v) is 3.62. The average molecular weight is 380 g/mol. The van der Waals surface area contributed by atoms with Crippen LogP contribution in [0.3, 0.4) is 0 Å². The van der Waals surface area contributed by atoms with Gasteiger partial charge < -0.3 is 9.15 Å². The van der Waals surface area contributed by atoms with Crippen molar-refractivity contribution in [1.29, 1.82) is 0 Å². The molecule has 1 fully saturated rings. The molecule has 1 saturated heterocycles. The third-order valence-corrected chi connectivity index (χ3v) is 5.05. The molecule has 1 amide bonds. The third-order valence-electron chi connectivity index (χ3n) is 3.42. The van der Waals surface area contributed by atoms with Gasteiger partial charge in [0.1, 0.15) is 15.8 Å². The molecule has 4 nitrogen and oxygen atoms in total. The summed E-state index contributed by atoms with van der Waals surface area (Å²) in [6, 6.07) is 11.1. The molecule has 0 saturated carbocycles. The van der Waals surface area contributed by atoms with Crippen LogP contribution in [0.5, 0.6) is 0 Å². The lowest BCUT2D eigenvalue weighted by Crippen LogP contribution is -2.31. The van der Waals surface area contributed by atoms with Crippen molar-refractivity contribution in [2.45, 2.75) is 0 Å². The van der Waals surface area contributed by atoms with E-state index in [2.05, 4.69) is 0 Å². The van der Waals surface area contributed by atoms with Crippen molar-refractivity contribution in [3.05, 3.63) is 52.1 Å². The molecule has 0 radical (unpaired) electrons. The van der Waals surface area contributed by atoms with Gasteiger partial charge in [0.2, 0.25) is 0 Å². The van der Waals surface area contributed by atoms with E-state index in [0.717, 1.165) is 5.56 Å². The second-order valence-corrected chi connectivity index (χ2v) is 7.15. The van der Waals surface area contributed by atoms with Crippen molar-refractivity contribution in [2.75, 3.05) is 20.3 Å². The maximum Gasteiger partial charge on any atom is 0.266 e. The van der Waals surface area contributed by atoms with Gasteiger partial charge in [0.25, 0.3) is 5.91 Å². The van der Waals surface area contributed by atoms with Gasteiger partial charge in [0, 0.05) is 23.8 Å². The molecule has 2 aromatic rings. The van der Waals surface area contributed by atoms with E-state index in [4.69, 9.17) is 33.0 Å². The Bertz CT molecular complexity index is 798. The predicted octanol–water partition coefficient (Wildman–Crippen LogP) is 4.45. The van der Waals surface area contributed by atoms with Gasteiger partial charge in [-0.05, 0) is 36.4 Å². The number of methoxy groups -OCH3 is 1. The Morgan fingerprint density at radius 3 is 2.75 bits per heavy atom. The van der Waals surface area contributed by atoms with Gasteiger partial charge in [0.15, 0.2) is 0 Å². The quantitative estimate of drug-likeness (QED) is 0.567. The minimum atomic E-state index is -0.119. The van der Waals surface area contributed by atoms with Crippen LogP contribution in [0.1, 0.15) is 5.76 Å². The van der Waals surface area contributed by atoms with Crippen molar-refractivity contribution in [1.82, 2.24) is 4.90 Å². The molecular formula is C17H14ClNO3S2. The summed E-state index contributed by atoms with van der Waals surface area (Å²) in [6.45, 7) is 0.897. The highest BCUT2D eigenvalue weighted by Gasteiger charge is 2.31. The molecule has 0 atom stereocenters. The number of carbonyl (C=O) groups excluding carboxylic acids is 1. The molecule has 124 valence electrons. The summed E-state index contributed by atoms with van der Waals surface area (Å²) in [5.74, 6) is 1.20. The first-order chi connectivity index (χ1) is 11.6. The second kappa shape index (κ2) is 7.53. The van der Waals surface area contributed by atoms with E-state index < -0.39 is 0 Å². The first kappa shape index (κ1) is 17.2. The molecule has 7 heteroatoms. The van der Waals surface area contributed by atoms with Gasteiger partial charge in [-0.2, -0.15) is 0 Å². The molecule has 24 heavy (non-hydrogen) atoms. The van der Waals surface area contributed by atoms with Crippen molar-refractivity contribution in [2.24, 2.45) is 0 Å². The number of ether oxygens (including phenoxy) is 1. The highest BCUT2D eigenvalue weighted by molar-refractivity contribution is 8.26. The number of hydrogen-bond donors (Lipinski definition) is 0. The number of amides is 1. The first-order valence-corrected chi connectivity index (χ1v) is 8.79. The van der Waals surface area contributed by atoms with Gasteiger partial charge in [0.05, 0.1) is 18.1 Å². The van der Waals surface area contributed by atoms with Crippen LogP contribution in [0.4, 0.5) is 0 Å². The number of halogens is 1. The molecule has 2 heterocycles. The Hall–Kier alpha value is -1.60. The number of hydrogen-bond acceptors (Lipinski definition) is 5. The van der Waals surface area contributed by atoms with Gasteiger partial charge in [-0.15, -0.1) is 0 Å². The minimum Gasteiger partial charge on any atom is -0.457 e. The Kier molecular flexibility index (Phi) is 5.40. The number of carbonyl (C=O) groups is 1. The summed E-state index contributed by atoms with van der Waals surface area (Å²) < 4.78 is 11.3. The molecule has 1 aliphatic heterocycles. The monoisotopic (exact) mass is 379 g/mol. The smallest absolute Gasteiger partial charge is 0.266 e. The number of benzene rings is 1. The summed E-state index contributed by atoms with van der Waals surface area (Å²) in [5.41, 5.74) is 0.923. The summed E-state index contributed by atoms with van der Waals surface area (Å²) in [7, 11) is 1.59. The Balaban J connectivity index is 1.78. The fourth-order valence-electron chi connectivity index (χ4n) is 2.20. The molecule has 0 aliphatic carbocycles. The van der Waals surface area contributed by atoms with Crippen LogP contribution in [-0.4, -0.2) is 35.4 Å². The predicted molar refractivity (Wildman–Crippen MR) is 101 cm³/mol. The molecule has 0 bridgehead atoms. The van der Waals surface area contributed by atoms with Gasteiger partial charge in [-0.1, -0.05) is 35.6 Å². The van der Waals surface area contributed by atoms with E-state index in [1.54, 1.807) is 30.2 Å². The fraction of sp³-hybridized carbons (Fsp3) is 0.176. The van der Waals surface area contributed by atoms with E-state index in [1.807, 2.05) is 24.3 Å². The van der Waals surface area contributed by atoms with Crippen molar-refractivity contribution in [3.63, 3.8) is 0 Å². The van der Waals surface area contributed by atoms with Crippen LogP contribution in [0, 0.1) is 0 Å². The number of thiocarbonyl (C=S) groups is 1. The number of furan rings is 1. The topological polar surface area (TPSA) is 42.7 Å². The highest BCUT2D eigenvalue weighted by Crippen LogP contribution is 2.33. The Morgan fingerprint density at radius 2 is 2.04 bits per heavy atom. The number of nitrogens with zero attached hydrogens (tertiary/aromatic N) is 1. The first-order valence-electron chi connectivity index (χ1n) is 7.18. The molecule has 1 aromatic heterocycles.